The Hall–Kier alpha value is -2.31. The molecule has 0 spiro atoms. The average Bonchev–Trinajstić information content (AvgIpc) is 3.44. The van der Waals surface area contributed by atoms with Gasteiger partial charge in [0.1, 0.15) is 0 Å². The molecule has 0 atom stereocenters. The van der Waals surface area contributed by atoms with Crippen LogP contribution in [-0.4, -0.2) is 41.5 Å². The van der Waals surface area contributed by atoms with Crippen LogP contribution in [0.25, 0.3) is 11.0 Å². The highest BCUT2D eigenvalue weighted by molar-refractivity contribution is 7.99. The number of nitrogens with one attached hydrogen (secondary N) is 1. The average molecular weight is 438 g/mol. The molecule has 1 amide bonds. The first kappa shape index (κ1) is 21.9. The summed E-state index contributed by atoms with van der Waals surface area (Å²) in [7, 11) is 1.67. The normalized spacial score (nSPS) is 14.4. The molecule has 1 aliphatic carbocycles. The molecule has 4 rings (SSSR count). The number of carbonyl (C=O) groups excluding carboxylic acids is 1. The van der Waals surface area contributed by atoms with Crippen LogP contribution in [0, 0.1) is 5.92 Å². The van der Waals surface area contributed by atoms with Crippen molar-refractivity contribution >= 4 is 28.7 Å². The molecule has 1 heterocycles. The van der Waals surface area contributed by atoms with Crippen molar-refractivity contribution in [3.8, 4) is 0 Å². The number of hydrogen-bond donors (Lipinski definition) is 1. The number of thioether (sulfide) groups is 1. The van der Waals surface area contributed by atoms with Crippen molar-refractivity contribution in [2.45, 2.75) is 43.8 Å². The predicted octanol–water partition coefficient (Wildman–Crippen LogP) is 5.13. The number of imidazole rings is 1. The number of ether oxygens (including phenoxy) is 1. The van der Waals surface area contributed by atoms with E-state index in [4.69, 9.17) is 9.72 Å². The largest absolute Gasteiger partial charge is 0.385 e. The lowest BCUT2D eigenvalue weighted by atomic mass is 10.1. The Labute approximate surface area is 188 Å². The van der Waals surface area contributed by atoms with Crippen LogP contribution < -0.4 is 5.32 Å². The maximum Gasteiger partial charge on any atom is 0.251 e. The molecule has 1 N–H and O–H groups in total. The molecular weight excluding hydrogens is 406 g/mol. The summed E-state index contributed by atoms with van der Waals surface area (Å²) in [6, 6.07) is 16.3. The van der Waals surface area contributed by atoms with Gasteiger partial charge in [-0.2, -0.15) is 0 Å². The number of benzene rings is 2. The molecule has 0 unspecified atom stereocenters. The second-order valence-corrected chi connectivity index (χ2v) is 9.22. The van der Waals surface area contributed by atoms with Gasteiger partial charge in [-0.25, -0.2) is 4.98 Å². The van der Waals surface area contributed by atoms with Gasteiger partial charge in [0.25, 0.3) is 5.91 Å². The van der Waals surface area contributed by atoms with E-state index in [0.29, 0.717) is 18.7 Å². The van der Waals surface area contributed by atoms with Crippen molar-refractivity contribution in [2.75, 3.05) is 26.0 Å². The zero-order valence-electron chi connectivity index (χ0n) is 18.2. The lowest BCUT2D eigenvalue weighted by Crippen LogP contribution is -2.25. The van der Waals surface area contributed by atoms with E-state index >= 15 is 0 Å². The molecular formula is C25H31N3O2S. The molecule has 0 bridgehead atoms. The first-order valence-corrected chi connectivity index (χ1v) is 12.2. The molecule has 0 radical (unpaired) electrons. The van der Waals surface area contributed by atoms with Gasteiger partial charge in [-0.1, -0.05) is 48.9 Å². The van der Waals surface area contributed by atoms with Crippen molar-refractivity contribution in [1.29, 1.82) is 0 Å². The van der Waals surface area contributed by atoms with Gasteiger partial charge in [-0.15, -0.1) is 0 Å². The monoisotopic (exact) mass is 437 g/mol. The van der Waals surface area contributed by atoms with Gasteiger partial charge in [0.2, 0.25) is 0 Å². The quantitative estimate of drug-likeness (QED) is 0.353. The van der Waals surface area contributed by atoms with Crippen LogP contribution >= 0.6 is 11.8 Å². The fraction of sp³-hybridized carbons (Fsp3) is 0.440. The number of para-hydroxylation sites is 2. The molecule has 0 aliphatic heterocycles. The summed E-state index contributed by atoms with van der Waals surface area (Å²) in [5.74, 6) is 1.93. The maximum absolute atomic E-state index is 12.3. The van der Waals surface area contributed by atoms with Crippen LogP contribution in [0.2, 0.25) is 0 Å². The minimum absolute atomic E-state index is 0.0384. The Morgan fingerprint density at radius 3 is 2.71 bits per heavy atom. The number of hydrogen-bond acceptors (Lipinski definition) is 4. The smallest absolute Gasteiger partial charge is 0.251 e. The van der Waals surface area contributed by atoms with Gasteiger partial charge in [0.05, 0.1) is 17.6 Å². The number of aromatic nitrogens is 2. The zero-order chi connectivity index (χ0) is 21.5. The number of fused-ring (bicyclic) bond motifs is 1. The van der Waals surface area contributed by atoms with Crippen molar-refractivity contribution in [1.82, 2.24) is 14.9 Å². The van der Waals surface area contributed by atoms with E-state index < -0.39 is 0 Å². The lowest BCUT2D eigenvalue weighted by Gasteiger charge is -2.12. The minimum atomic E-state index is -0.0384. The Morgan fingerprint density at radius 2 is 1.94 bits per heavy atom. The first-order valence-electron chi connectivity index (χ1n) is 11.2. The summed E-state index contributed by atoms with van der Waals surface area (Å²) >= 11 is 1.89. The summed E-state index contributed by atoms with van der Waals surface area (Å²) in [6.45, 7) is 2.03. The van der Waals surface area contributed by atoms with Crippen molar-refractivity contribution in [2.24, 2.45) is 5.92 Å². The summed E-state index contributed by atoms with van der Waals surface area (Å²) in [4.78, 5) is 17.2. The van der Waals surface area contributed by atoms with Crippen LogP contribution in [0.4, 0.5) is 0 Å². The third-order valence-electron chi connectivity index (χ3n) is 5.91. The molecule has 164 valence electrons. The number of methoxy groups -OCH3 is 1. The third-order valence-corrected chi connectivity index (χ3v) is 7.12. The van der Waals surface area contributed by atoms with E-state index in [-0.39, 0.29) is 5.91 Å². The van der Waals surface area contributed by atoms with Gasteiger partial charge in [0.15, 0.2) is 5.16 Å². The van der Waals surface area contributed by atoms with Gasteiger partial charge in [-0.05, 0) is 55.0 Å². The standard InChI is InChI=1S/C25H31N3O2S/c1-30-16-6-15-26-24(29)21-13-11-19(12-14-21)17-28-23-10-5-4-9-22(23)27-25(28)31-18-20-7-2-3-8-20/h4-5,9-14,20H,2-3,6-8,15-18H2,1H3,(H,26,29). The number of rotatable bonds is 10. The third kappa shape index (κ3) is 5.69. The van der Waals surface area contributed by atoms with Crippen LogP contribution in [0.1, 0.15) is 48.0 Å². The second-order valence-electron chi connectivity index (χ2n) is 8.23. The van der Waals surface area contributed by atoms with E-state index in [1.54, 1.807) is 7.11 Å². The highest BCUT2D eigenvalue weighted by Gasteiger charge is 2.18. The minimum Gasteiger partial charge on any atom is -0.385 e. The maximum atomic E-state index is 12.3. The lowest BCUT2D eigenvalue weighted by molar-refractivity contribution is 0.0948. The van der Waals surface area contributed by atoms with Crippen LogP contribution in [0.3, 0.4) is 0 Å². The molecule has 1 aliphatic rings. The van der Waals surface area contributed by atoms with Crippen molar-refractivity contribution in [3.63, 3.8) is 0 Å². The van der Waals surface area contributed by atoms with E-state index in [0.717, 1.165) is 40.8 Å². The Balaban J connectivity index is 1.45. The molecule has 1 saturated carbocycles. The SMILES string of the molecule is COCCCNC(=O)c1ccc(Cn2c(SCC3CCCC3)nc3ccccc32)cc1. The Bertz CT molecular complexity index is 994. The van der Waals surface area contributed by atoms with E-state index in [1.807, 2.05) is 42.1 Å². The number of carbonyl (C=O) groups is 1. The first-order chi connectivity index (χ1) is 15.2. The van der Waals surface area contributed by atoms with Crippen LogP contribution in [0.5, 0.6) is 0 Å². The fourth-order valence-electron chi connectivity index (χ4n) is 4.15. The summed E-state index contributed by atoms with van der Waals surface area (Å²) in [5, 5.41) is 4.03. The van der Waals surface area contributed by atoms with E-state index in [9.17, 15) is 4.79 Å². The predicted molar refractivity (Wildman–Crippen MR) is 127 cm³/mol. The van der Waals surface area contributed by atoms with E-state index in [2.05, 4.69) is 28.1 Å². The van der Waals surface area contributed by atoms with Crippen LogP contribution in [0.15, 0.2) is 53.7 Å². The highest BCUT2D eigenvalue weighted by atomic mass is 32.2. The highest BCUT2D eigenvalue weighted by Crippen LogP contribution is 2.32. The fourth-order valence-corrected chi connectivity index (χ4v) is 5.35. The van der Waals surface area contributed by atoms with Crippen molar-refractivity contribution < 1.29 is 9.53 Å². The summed E-state index contributed by atoms with van der Waals surface area (Å²) in [5.41, 5.74) is 4.06. The molecule has 3 aromatic rings. The molecule has 31 heavy (non-hydrogen) atoms. The second kappa shape index (κ2) is 10.8. The zero-order valence-corrected chi connectivity index (χ0v) is 19.0. The Kier molecular flexibility index (Phi) is 7.65. The van der Waals surface area contributed by atoms with Crippen molar-refractivity contribution in [3.05, 3.63) is 59.7 Å². The van der Waals surface area contributed by atoms with Gasteiger partial charge in [0, 0.05) is 31.6 Å². The molecule has 6 heteroatoms. The molecule has 5 nitrogen and oxygen atoms in total. The van der Waals surface area contributed by atoms with Gasteiger partial charge in [-0.3, -0.25) is 4.79 Å². The van der Waals surface area contributed by atoms with Gasteiger partial charge >= 0.3 is 0 Å². The summed E-state index contributed by atoms with van der Waals surface area (Å²) < 4.78 is 7.34. The van der Waals surface area contributed by atoms with Gasteiger partial charge < -0.3 is 14.6 Å². The Morgan fingerprint density at radius 1 is 1.16 bits per heavy atom. The van der Waals surface area contributed by atoms with E-state index in [1.165, 1.54) is 31.2 Å². The molecule has 1 aromatic heterocycles. The molecule has 2 aromatic carbocycles. The number of amides is 1. The molecule has 1 fully saturated rings. The topological polar surface area (TPSA) is 56.1 Å². The summed E-state index contributed by atoms with van der Waals surface area (Å²) in [6.07, 6.45) is 6.25. The number of nitrogens with zero attached hydrogens (tertiary/aromatic N) is 2. The molecule has 0 saturated heterocycles. The van der Waals surface area contributed by atoms with Crippen LogP contribution in [-0.2, 0) is 11.3 Å².